The van der Waals surface area contributed by atoms with Crippen molar-refractivity contribution in [2.24, 2.45) is 0 Å². The molecule has 13 nitrogen and oxygen atoms in total. The summed E-state index contributed by atoms with van der Waals surface area (Å²) < 4.78 is 16.4. The Hall–Kier alpha value is -3.52. The summed E-state index contributed by atoms with van der Waals surface area (Å²) in [5, 5.41) is 50.0. The summed E-state index contributed by atoms with van der Waals surface area (Å²) in [4.78, 5) is 48.9. The van der Waals surface area contributed by atoms with Gasteiger partial charge >= 0.3 is 23.9 Å². The number of rotatable bonds is 9. The highest BCUT2D eigenvalue weighted by molar-refractivity contribution is 5.86. The number of hydrogen-bond donors (Lipinski definition) is 5. The molecule has 2 aliphatic carbocycles. The first-order valence-corrected chi connectivity index (χ1v) is 12.5. The summed E-state index contributed by atoms with van der Waals surface area (Å²) >= 11 is 0. The summed E-state index contributed by atoms with van der Waals surface area (Å²) in [6, 6.07) is 3.47. The van der Waals surface area contributed by atoms with Crippen LogP contribution in [0.1, 0.15) is 42.4 Å². The molecule has 210 valence electrons. The van der Waals surface area contributed by atoms with Crippen LogP contribution in [0.25, 0.3) is 0 Å². The van der Waals surface area contributed by atoms with Crippen molar-refractivity contribution in [2.45, 2.75) is 74.1 Å². The highest BCUT2D eigenvalue weighted by Crippen LogP contribution is 2.64. The van der Waals surface area contributed by atoms with E-state index >= 15 is 0 Å². The van der Waals surface area contributed by atoms with E-state index in [9.17, 15) is 34.5 Å². The average molecular weight is 548 g/mol. The van der Waals surface area contributed by atoms with Gasteiger partial charge in [0.2, 0.25) is 6.10 Å². The molecule has 2 bridgehead atoms. The second-order valence-electron chi connectivity index (χ2n) is 10.5. The van der Waals surface area contributed by atoms with Crippen molar-refractivity contribution in [1.29, 1.82) is 0 Å². The minimum atomic E-state index is -2.11. The molecule has 4 aliphatic rings. The molecule has 1 saturated heterocycles. The maximum absolute atomic E-state index is 12.8. The lowest BCUT2D eigenvalue weighted by atomic mass is 9.50. The molecule has 5 rings (SSSR count). The van der Waals surface area contributed by atoms with Crippen LogP contribution >= 0.6 is 0 Å². The molecule has 1 spiro atoms. The van der Waals surface area contributed by atoms with E-state index in [-0.39, 0.29) is 24.8 Å². The normalized spacial score (nSPS) is 29.8. The van der Waals surface area contributed by atoms with Gasteiger partial charge in [-0.1, -0.05) is 12.1 Å². The fourth-order valence-corrected chi connectivity index (χ4v) is 6.60. The standard InChI is InChI=1S/C26H29NO12/c1-27-7-6-25-20-12-2-3-13(11-28)21(20)39-22(25)15(4-5-26(25,36)17(27)8-12)37-19(32)9-14(29)24(35)38-16(23(33)34)10-18(30)31/h2-4,14,16-17,22,28-29,36H,5-11H2,1H3,(H,30,31)(H,33,34)/t14-,16-,17+,22-,25-,26+/m0/s1. The molecular formula is C26H29NO12. The van der Waals surface area contributed by atoms with Gasteiger partial charge in [-0.25, -0.2) is 9.59 Å². The molecule has 0 unspecified atom stereocenters. The predicted octanol–water partition coefficient (Wildman–Crippen LogP) is -0.778. The number of aliphatic hydroxyl groups is 3. The first kappa shape index (κ1) is 27.1. The zero-order valence-corrected chi connectivity index (χ0v) is 21.0. The van der Waals surface area contributed by atoms with Gasteiger partial charge in [0.05, 0.1) is 30.5 Å². The van der Waals surface area contributed by atoms with Crippen molar-refractivity contribution < 1.29 is 58.9 Å². The zero-order chi connectivity index (χ0) is 28.3. The average Bonchev–Trinajstić information content (AvgIpc) is 3.22. The van der Waals surface area contributed by atoms with Crippen molar-refractivity contribution >= 4 is 23.9 Å². The van der Waals surface area contributed by atoms with E-state index < -0.39 is 66.0 Å². The van der Waals surface area contributed by atoms with E-state index in [2.05, 4.69) is 9.64 Å². The molecular weight excluding hydrogens is 518 g/mol. The molecule has 2 aliphatic heterocycles. The second-order valence-corrected chi connectivity index (χ2v) is 10.5. The molecule has 0 amide bonds. The van der Waals surface area contributed by atoms with Crippen LogP contribution < -0.4 is 4.74 Å². The lowest BCUT2D eigenvalue weighted by Gasteiger charge is -2.61. The molecule has 0 saturated carbocycles. The molecule has 6 atom stereocenters. The number of aliphatic carboxylic acids is 2. The van der Waals surface area contributed by atoms with Crippen LogP contribution in [0.5, 0.6) is 5.75 Å². The largest absolute Gasteiger partial charge is 0.481 e. The Balaban J connectivity index is 1.38. The van der Waals surface area contributed by atoms with Gasteiger partial charge in [0, 0.05) is 23.6 Å². The van der Waals surface area contributed by atoms with E-state index in [0.29, 0.717) is 30.7 Å². The van der Waals surface area contributed by atoms with E-state index in [1.54, 1.807) is 12.1 Å². The number of ether oxygens (including phenoxy) is 3. The molecule has 0 radical (unpaired) electrons. The Bertz CT molecular complexity index is 1280. The first-order chi connectivity index (χ1) is 18.4. The minimum Gasteiger partial charge on any atom is -0.481 e. The number of hydrogen-bond acceptors (Lipinski definition) is 11. The topological polar surface area (TPSA) is 200 Å². The Kier molecular flexibility index (Phi) is 6.66. The van der Waals surface area contributed by atoms with Crippen LogP contribution in [-0.4, -0.2) is 97.9 Å². The predicted molar refractivity (Wildman–Crippen MR) is 127 cm³/mol. The van der Waals surface area contributed by atoms with Gasteiger partial charge < -0.3 is 44.6 Å². The van der Waals surface area contributed by atoms with Crippen molar-refractivity contribution in [3.63, 3.8) is 0 Å². The van der Waals surface area contributed by atoms with Crippen LogP contribution in [0, 0.1) is 0 Å². The minimum absolute atomic E-state index is 0.0933. The van der Waals surface area contributed by atoms with Crippen molar-refractivity contribution in [3.8, 4) is 5.75 Å². The van der Waals surface area contributed by atoms with E-state index in [0.717, 1.165) is 11.1 Å². The number of likely N-dealkylation sites (tertiary alicyclic amines) is 1. The van der Waals surface area contributed by atoms with Crippen LogP contribution in [0.15, 0.2) is 24.0 Å². The van der Waals surface area contributed by atoms with Gasteiger partial charge in [-0.05, 0) is 38.1 Å². The van der Waals surface area contributed by atoms with Crippen LogP contribution in [0.4, 0.5) is 0 Å². The monoisotopic (exact) mass is 547 g/mol. The third kappa shape index (κ3) is 4.07. The lowest BCUT2D eigenvalue weighted by Crippen LogP contribution is -2.74. The lowest BCUT2D eigenvalue weighted by molar-refractivity contribution is -0.176. The molecule has 13 heteroatoms. The van der Waals surface area contributed by atoms with E-state index in [4.69, 9.17) is 19.7 Å². The summed E-state index contributed by atoms with van der Waals surface area (Å²) in [5.41, 5.74) is 0.119. The van der Waals surface area contributed by atoms with Crippen LogP contribution in [-0.2, 0) is 47.1 Å². The highest BCUT2D eigenvalue weighted by atomic mass is 16.6. The Morgan fingerprint density at radius 3 is 2.62 bits per heavy atom. The van der Waals surface area contributed by atoms with Crippen molar-refractivity contribution in [1.82, 2.24) is 4.90 Å². The summed E-state index contributed by atoms with van der Waals surface area (Å²) in [6.07, 6.45) is -4.21. The number of carbonyl (C=O) groups is 4. The number of likely N-dealkylation sites (N-methyl/N-ethyl adjacent to an activating group) is 1. The van der Waals surface area contributed by atoms with Gasteiger partial charge in [-0.15, -0.1) is 0 Å². The number of nitrogens with zero attached hydrogens (tertiary/aromatic N) is 1. The van der Waals surface area contributed by atoms with Crippen LogP contribution in [0.3, 0.4) is 0 Å². The highest BCUT2D eigenvalue weighted by Gasteiger charge is 2.71. The number of carboxylic acid groups (broad SMARTS) is 2. The van der Waals surface area contributed by atoms with Crippen LogP contribution in [0.2, 0.25) is 0 Å². The quantitative estimate of drug-likeness (QED) is 0.241. The van der Waals surface area contributed by atoms with Crippen molar-refractivity contribution in [2.75, 3.05) is 13.6 Å². The third-order valence-electron chi connectivity index (χ3n) is 8.38. The molecule has 1 aromatic rings. The number of carboxylic acids is 2. The molecule has 2 heterocycles. The van der Waals surface area contributed by atoms with E-state index in [1.807, 2.05) is 13.1 Å². The number of carbonyl (C=O) groups excluding carboxylic acids is 2. The molecule has 0 aromatic heterocycles. The molecule has 39 heavy (non-hydrogen) atoms. The Morgan fingerprint density at radius 2 is 1.95 bits per heavy atom. The van der Waals surface area contributed by atoms with Crippen molar-refractivity contribution in [3.05, 3.63) is 40.7 Å². The second kappa shape index (κ2) is 9.59. The maximum Gasteiger partial charge on any atom is 0.345 e. The Labute approximate surface area is 222 Å². The molecule has 5 N–H and O–H groups in total. The van der Waals surface area contributed by atoms with Gasteiger partial charge in [0.25, 0.3) is 0 Å². The number of piperidine rings is 1. The van der Waals surface area contributed by atoms with Gasteiger partial charge in [0.15, 0.2) is 12.2 Å². The fraction of sp³-hybridized carbons (Fsp3) is 0.538. The zero-order valence-electron chi connectivity index (χ0n) is 21.0. The summed E-state index contributed by atoms with van der Waals surface area (Å²) in [7, 11) is 1.94. The Morgan fingerprint density at radius 1 is 1.21 bits per heavy atom. The summed E-state index contributed by atoms with van der Waals surface area (Å²) in [6.45, 7) is 0.349. The van der Waals surface area contributed by atoms with Gasteiger partial charge in [-0.3, -0.25) is 9.59 Å². The first-order valence-electron chi connectivity index (χ1n) is 12.5. The van der Waals surface area contributed by atoms with Gasteiger partial charge in [0.1, 0.15) is 11.5 Å². The number of esters is 2. The fourth-order valence-electron chi connectivity index (χ4n) is 6.60. The SMILES string of the molecule is CN1CC[C@]23c4c5ccc(CO)c4O[C@H]2C(OC(=O)C[C@H](O)C(=O)O[C@@H](CC(=O)O)C(=O)O)=CC[C@@]3(O)[C@H]1C5. The molecule has 1 fully saturated rings. The maximum atomic E-state index is 12.8. The van der Waals surface area contributed by atoms with E-state index in [1.165, 1.54) is 0 Å². The third-order valence-corrected chi connectivity index (χ3v) is 8.38. The van der Waals surface area contributed by atoms with Gasteiger partial charge in [-0.2, -0.15) is 0 Å². The number of benzene rings is 1. The molecule has 1 aromatic carbocycles. The smallest absolute Gasteiger partial charge is 0.345 e. The number of aliphatic hydroxyl groups excluding tert-OH is 2. The summed E-state index contributed by atoms with van der Waals surface area (Å²) in [5.74, 6) is -5.24.